The molecule has 110 valence electrons. The topological polar surface area (TPSA) is 62.7 Å². The van der Waals surface area contributed by atoms with Crippen molar-refractivity contribution in [3.8, 4) is 0 Å². The third-order valence-corrected chi connectivity index (χ3v) is 3.24. The van der Waals surface area contributed by atoms with E-state index in [2.05, 4.69) is 50.9 Å². The minimum Gasteiger partial charge on any atom is -0.339 e. The van der Waals surface area contributed by atoms with Crippen LogP contribution >= 0.6 is 0 Å². The molecule has 5 nitrogen and oxygen atoms in total. The van der Waals surface area contributed by atoms with Crippen LogP contribution in [-0.4, -0.2) is 15.2 Å². The minimum absolute atomic E-state index is 0.467. The average molecular weight is 291 g/mol. The molecule has 1 heterocycles. The number of aromatic nitrogens is 3. The fraction of sp³-hybridized carbons (Fsp3) is 0.118. The molecule has 3 rings (SSSR count). The molecule has 0 bridgehead atoms. The molecule has 5 heteroatoms. The third kappa shape index (κ3) is 3.38. The van der Waals surface area contributed by atoms with E-state index in [0.29, 0.717) is 11.8 Å². The van der Waals surface area contributed by atoms with Crippen molar-refractivity contribution < 1.29 is 0 Å². The van der Waals surface area contributed by atoms with Gasteiger partial charge in [0.15, 0.2) is 5.82 Å². The Labute approximate surface area is 129 Å². The lowest BCUT2D eigenvalue weighted by atomic mass is 10.1. The maximum absolute atomic E-state index is 4.44. The highest BCUT2D eigenvalue weighted by molar-refractivity contribution is 5.61. The van der Waals surface area contributed by atoms with Crippen LogP contribution in [0.3, 0.4) is 0 Å². The minimum atomic E-state index is 0.467. The van der Waals surface area contributed by atoms with Crippen molar-refractivity contribution in [1.29, 1.82) is 0 Å². The number of hydrogen-bond acceptors (Lipinski definition) is 5. The number of para-hydroxylation sites is 1. The van der Waals surface area contributed by atoms with Crippen molar-refractivity contribution >= 4 is 23.1 Å². The number of nitrogens with one attached hydrogen (secondary N) is 2. The molecular formula is C17H17N5. The van der Waals surface area contributed by atoms with Crippen LogP contribution in [0.2, 0.25) is 0 Å². The Kier molecular flexibility index (Phi) is 3.96. The summed E-state index contributed by atoms with van der Waals surface area (Å²) in [5.74, 6) is 1.11. The van der Waals surface area contributed by atoms with Gasteiger partial charge in [-0.2, -0.15) is 10.1 Å². The number of nitrogens with zero attached hydrogens (tertiary/aromatic N) is 3. The summed E-state index contributed by atoms with van der Waals surface area (Å²) in [6.45, 7) is 4.10. The number of hydrogen-bond donors (Lipinski definition) is 2. The fourth-order valence-corrected chi connectivity index (χ4v) is 2.08. The second kappa shape index (κ2) is 6.22. The summed E-state index contributed by atoms with van der Waals surface area (Å²) in [5, 5.41) is 14.4. The molecule has 0 saturated carbocycles. The highest BCUT2D eigenvalue weighted by atomic mass is 15.3. The van der Waals surface area contributed by atoms with Gasteiger partial charge in [0, 0.05) is 11.4 Å². The highest BCUT2D eigenvalue weighted by Gasteiger charge is 2.04. The Morgan fingerprint density at radius 3 is 2.55 bits per heavy atom. The summed E-state index contributed by atoms with van der Waals surface area (Å²) < 4.78 is 0. The predicted molar refractivity (Wildman–Crippen MR) is 88.8 cm³/mol. The van der Waals surface area contributed by atoms with Gasteiger partial charge in [-0.05, 0) is 43.2 Å². The molecule has 0 saturated heterocycles. The van der Waals surface area contributed by atoms with Gasteiger partial charge < -0.3 is 10.6 Å². The van der Waals surface area contributed by atoms with E-state index in [0.717, 1.165) is 16.9 Å². The highest BCUT2D eigenvalue weighted by Crippen LogP contribution is 2.20. The molecule has 0 aliphatic carbocycles. The van der Waals surface area contributed by atoms with Gasteiger partial charge in [0.2, 0.25) is 5.95 Å². The predicted octanol–water partition coefficient (Wildman–Crippen LogP) is 3.98. The maximum atomic E-state index is 4.44. The van der Waals surface area contributed by atoms with Gasteiger partial charge in [0.1, 0.15) is 0 Å². The molecule has 3 aromatic rings. The van der Waals surface area contributed by atoms with Gasteiger partial charge in [0.05, 0.1) is 6.20 Å². The molecule has 0 amide bonds. The molecule has 0 fully saturated rings. The lowest BCUT2D eigenvalue weighted by Crippen LogP contribution is -2.03. The monoisotopic (exact) mass is 291 g/mol. The summed E-state index contributed by atoms with van der Waals surface area (Å²) in [6, 6.07) is 16.1. The van der Waals surface area contributed by atoms with Crippen LogP contribution < -0.4 is 10.6 Å². The van der Waals surface area contributed by atoms with E-state index in [4.69, 9.17) is 0 Å². The van der Waals surface area contributed by atoms with Crippen molar-refractivity contribution in [2.24, 2.45) is 0 Å². The second-order valence-corrected chi connectivity index (χ2v) is 5.10. The van der Waals surface area contributed by atoms with Gasteiger partial charge >= 0.3 is 0 Å². The van der Waals surface area contributed by atoms with Crippen molar-refractivity contribution in [2.45, 2.75) is 13.8 Å². The summed E-state index contributed by atoms with van der Waals surface area (Å²) in [7, 11) is 0. The molecule has 2 aromatic carbocycles. The van der Waals surface area contributed by atoms with Gasteiger partial charge in [-0.1, -0.05) is 30.3 Å². The van der Waals surface area contributed by atoms with E-state index in [9.17, 15) is 0 Å². The first-order chi connectivity index (χ1) is 10.7. The van der Waals surface area contributed by atoms with Crippen LogP contribution in [0.15, 0.2) is 54.7 Å². The van der Waals surface area contributed by atoms with Crippen LogP contribution in [0.4, 0.5) is 23.1 Å². The fourth-order valence-electron chi connectivity index (χ4n) is 2.08. The Morgan fingerprint density at radius 1 is 0.909 bits per heavy atom. The van der Waals surface area contributed by atoms with E-state index < -0.39 is 0 Å². The molecule has 0 unspecified atom stereocenters. The first-order valence-corrected chi connectivity index (χ1v) is 7.07. The van der Waals surface area contributed by atoms with Crippen LogP contribution in [0.25, 0.3) is 0 Å². The van der Waals surface area contributed by atoms with E-state index in [1.165, 1.54) is 5.56 Å². The zero-order chi connectivity index (χ0) is 15.4. The summed E-state index contributed by atoms with van der Waals surface area (Å²) in [4.78, 5) is 4.44. The lowest BCUT2D eigenvalue weighted by Gasteiger charge is -2.10. The zero-order valence-electron chi connectivity index (χ0n) is 12.5. The molecule has 0 aliphatic heterocycles. The van der Waals surface area contributed by atoms with Crippen molar-refractivity contribution in [1.82, 2.24) is 15.2 Å². The largest absolute Gasteiger partial charge is 0.339 e. The van der Waals surface area contributed by atoms with E-state index in [-0.39, 0.29) is 0 Å². The molecule has 0 aliphatic rings. The third-order valence-electron chi connectivity index (χ3n) is 3.24. The summed E-state index contributed by atoms with van der Waals surface area (Å²) in [6.07, 6.45) is 1.60. The lowest BCUT2D eigenvalue weighted by molar-refractivity contribution is 0.981. The number of rotatable bonds is 4. The van der Waals surface area contributed by atoms with E-state index in [1.807, 2.05) is 37.3 Å². The zero-order valence-corrected chi connectivity index (χ0v) is 12.5. The Morgan fingerprint density at radius 2 is 1.73 bits per heavy atom. The Bertz CT molecular complexity index is 771. The average Bonchev–Trinajstić information content (AvgIpc) is 2.52. The molecule has 22 heavy (non-hydrogen) atoms. The molecule has 2 N–H and O–H groups in total. The van der Waals surface area contributed by atoms with Gasteiger partial charge in [-0.25, -0.2) is 0 Å². The van der Waals surface area contributed by atoms with E-state index in [1.54, 1.807) is 6.20 Å². The number of anilines is 4. The molecule has 0 radical (unpaired) electrons. The molecular weight excluding hydrogens is 274 g/mol. The van der Waals surface area contributed by atoms with Crippen molar-refractivity contribution in [3.63, 3.8) is 0 Å². The first kappa shape index (κ1) is 14.0. The summed E-state index contributed by atoms with van der Waals surface area (Å²) in [5.41, 5.74) is 4.26. The maximum Gasteiger partial charge on any atom is 0.249 e. The number of aryl methyl sites for hydroxylation is 2. The number of benzene rings is 2. The molecule has 0 spiro atoms. The van der Waals surface area contributed by atoms with Crippen LogP contribution in [0.5, 0.6) is 0 Å². The Balaban J connectivity index is 1.81. The molecule has 1 aromatic heterocycles. The first-order valence-electron chi connectivity index (χ1n) is 7.07. The quantitative estimate of drug-likeness (QED) is 0.761. The Hall–Kier alpha value is -2.95. The molecule has 0 atom stereocenters. The summed E-state index contributed by atoms with van der Waals surface area (Å²) >= 11 is 0. The van der Waals surface area contributed by atoms with Crippen LogP contribution in [0.1, 0.15) is 11.1 Å². The van der Waals surface area contributed by atoms with Crippen molar-refractivity contribution in [2.75, 3.05) is 10.6 Å². The van der Waals surface area contributed by atoms with Gasteiger partial charge in [-0.3, -0.25) is 0 Å². The van der Waals surface area contributed by atoms with E-state index >= 15 is 0 Å². The normalized spacial score (nSPS) is 10.3. The standard InChI is InChI=1S/C17H17N5/c1-12-8-9-13(2)15(10-12)20-17-21-16(11-18-22-17)19-14-6-4-3-5-7-14/h3-11H,1-2H3,(H2,19,20,21,22). The second-order valence-electron chi connectivity index (χ2n) is 5.10. The van der Waals surface area contributed by atoms with Gasteiger partial charge in [-0.15, -0.1) is 5.10 Å². The van der Waals surface area contributed by atoms with Gasteiger partial charge in [0.25, 0.3) is 0 Å². The van der Waals surface area contributed by atoms with Crippen LogP contribution in [0, 0.1) is 13.8 Å². The van der Waals surface area contributed by atoms with Crippen LogP contribution in [-0.2, 0) is 0 Å². The van der Waals surface area contributed by atoms with Crippen molar-refractivity contribution in [3.05, 3.63) is 65.9 Å². The smallest absolute Gasteiger partial charge is 0.249 e. The SMILES string of the molecule is Cc1ccc(C)c(Nc2nncc(Nc3ccccc3)n2)c1.